The highest BCUT2D eigenvalue weighted by Gasteiger charge is 2.37. The fourth-order valence-electron chi connectivity index (χ4n) is 2.91. The van der Waals surface area contributed by atoms with Crippen molar-refractivity contribution in [1.82, 2.24) is 4.31 Å². The molecule has 1 aromatic carbocycles. The molecule has 0 aliphatic carbocycles. The summed E-state index contributed by atoms with van der Waals surface area (Å²) in [6.07, 6.45) is 2.45. The number of aliphatic hydroxyl groups excluding tert-OH is 1. The van der Waals surface area contributed by atoms with E-state index in [9.17, 15) is 12.8 Å². The minimum Gasteiger partial charge on any atom is -0.392 e. The first-order chi connectivity index (χ1) is 9.78. The lowest BCUT2D eigenvalue weighted by Crippen LogP contribution is -2.47. The zero-order chi connectivity index (χ0) is 15.8. The van der Waals surface area contributed by atoms with E-state index in [4.69, 9.17) is 16.7 Å². The average molecular weight is 336 g/mol. The highest BCUT2D eigenvalue weighted by atomic mass is 35.5. The Morgan fingerprint density at radius 3 is 2.43 bits per heavy atom. The van der Waals surface area contributed by atoms with Gasteiger partial charge in [0.15, 0.2) is 0 Å². The molecular weight excluding hydrogens is 317 g/mol. The molecule has 0 amide bonds. The molecule has 0 saturated carbocycles. The molecule has 7 heteroatoms. The van der Waals surface area contributed by atoms with Gasteiger partial charge < -0.3 is 5.11 Å². The number of hydrogen-bond donors (Lipinski definition) is 1. The molecule has 4 nitrogen and oxygen atoms in total. The fraction of sp³-hybridized carbons (Fsp3) is 0.571. The molecule has 0 radical (unpaired) electrons. The molecule has 1 aromatic rings. The van der Waals surface area contributed by atoms with E-state index in [1.165, 1.54) is 10.4 Å². The monoisotopic (exact) mass is 335 g/mol. The number of aliphatic hydroxyl groups is 1. The number of halogens is 2. The van der Waals surface area contributed by atoms with Crippen molar-refractivity contribution in [1.29, 1.82) is 0 Å². The third-order valence-corrected chi connectivity index (χ3v) is 6.26. The van der Waals surface area contributed by atoms with Crippen molar-refractivity contribution in [2.45, 2.75) is 56.7 Å². The average Bonchev–Trinajstić information content (AvgIpc) is 2.40. The molecule has 118 valence electrons. The van der Waals surface area contributed by atoms with Gasteiger partial charge in [0, 0.05) is 22.7 Å². The van der Waals surface area contributed by atoms with Crippen molar-refractivity contribution in [2.24, 2.45) is 0 Å². The van der Waals surface area contributed by atoms with Crippen molar-refractivity contribution in [2.75, 3.05) is 0 Å². The van der Waals surface area contributed by atoms with Crippen molar-refractivity contribution in [3.05, 3.63) is 28.5 Å². The van der Waals surface area contributed by atoms with Crippen LogP contribution < -0.4 is 0 Å². The summed E-state index contributed by atoms with van der Waals surface area (Å²) in [6.45, 7) is 3.05. The van der Waals surface area contributed by atoms with Crippen LogP contribution in [0.1, 0.15) is 38.7 Å². The molecule has 1 aliphatic rings. The van der Waals surface area contributed by atoms with Gasteiger partial charge >= 0.3 is 0 Å². The molecule has 1 N–H and O–H groups in total. The van der Waals surface area contributed by atoms with Gasteiger partial charge in [0.1, 0.15) is 10.7 Å². The van der Waals surface area contributed by atoms with Gasteiger partial charge in [-0.1, -0.05) is 18.0 Å². The molecule has 0 bridgehead atoms. The zero-order valence-corrected chi connectivity index (χ0v) is 13.6. The molecule has 0 aromatic heterocycles. The number of nitrogens with zero attached hydrogens (tertiary/aromatic N) is 1. The van der Waals surface area contributed by atoms with Crippen molar-refractivity contribution < 1.29 is 17.9 Å². The Balaban J connectivity index is 2.56. The lowest BCUT2D eigenvalue weighted by Gasteiger charge is -2.37. The number of benzene rings is 1. The summed E-state index contributed by atoms with van der Waals surface area (Å²) in [5.41, 5.74) is -0.113. The van der Waals surface area contributed by atoms with E-state index in [1.807, 2.05) is 13.8 Å². The quantitative estimate of drug-likeness (QED) is 0.924. The van der Waals surface area contributed by atoms with E-state index < -0.39 is 27.3 Å². The van der Waals surface area contributed by atoms with E-state index in [-0.39, 0.29) is 22.7 Å². The Morgan fingerprint density at radius 2 is 1.90 bits per heavy atom. The Morgan fingerprint density at radius 1 is 1.33 bits per heavy atom. The lowest BCUT2D eigenvalue weighted by atomic mass is 10.0. The van der Waals surface area contributed by atoms with Crippen LogP contribution in [-0.4, -0.2) is 29.9 Å². The molecular formula is C14H19ClFNO3S. The van der Waals surface area contributed by atoms with Crippen molar-refractivity contribution >= 4 is 21.6 Å². The highest BCUT2D eigenvalue weighted by Crippen LogP contribution is 2.32. The highest BCUT2D eigenvalue weighted by molar-refractivity contribution is 7.89. The maximum Gasteiger partial charge on any atom is 0.246 e. The van der Waals surface area contributed by atoms with Crippen LogP contribution in [0.3, 0.4) is 0 Å². The van der Waals surface area contributed by atoms with Crippen LogP contribution >= 0.6 is 11.6 Å². The predicted molar refractivity (Wildman–Crippen MR) is 79.1 cm³/mol. The number of hydrogen-bond acceptors (Lipinski definition) is 3. The molecule has 1 saturated heterocycles. The normalized spacial score (nSPS) is 24.2. The maximum atomic E-state index is 14.3. The standard InChI is InChI=1S/C14H19ClFNO3S/c1-9-4-3-5-10(2)17(9)21(19,20)13-7-12(15)6-11(8-18)14(13)16/h6-7,9-10,18H,3-5,8H2,1-2H3. The smallest absolute Gasteiger partial charge is 0.246 e. The number of rotatable bonds is 3. The summed E-state index contributed by atoms with van der Waals surface area (Å²) in [5, 5.41) is 9.23. The van der Waals surface area contributed by atoms with Gasteiger partial charge in [0.25, 0.3) is 0 Å². The second-order valence-electron chi connectivity index (χ2n) is 5.50. The van der Waals surface area contributed by atoms with Gasteiger partial charge in [0.2, 0.25) is 10.0 Å². The van der Waals surface area contributed by atoms with Crippen LogP contribution in [0.25, 0.3) is 0 Å². The molecule has 2 unspecified atom stereocenters. The van der Waals surface area contributed by atoms with Crippen molar-refractivity contribution in [3.63, 3.8) is 0 Å². The first-order valence-electron chi connectivity index (χ1n) is 6.91. The van der Waals surface area contributed by atoms with Gasteiger partial charge in [-0.05, 0) is 38.8 Å². The molecule has 2 rings (SSSR count). The van der Waals surface area contributed by atoms with E-state index in [0.717, 1.165) is 25.3 Å². The van der Waals surface area contributed by atoms with E-state index >= 15 is 0 Å². The molecule has 1 aliphatic heterocycles. The largest absolute Gasteiger partial charge is 0.392 e. The molecule has 0 spiro atoms. The second kappa shape index (κ2) is 6.20. The predicted octanol–water partition coefficient (Wildman–Crippen LogP) is 2.92. The van der Waals surface area contributed by atoms with Crippen LogP contribution in [-0.2, 0) is 16.6 Å². The van der Waals surface area contributed by atoms with Gasteiger partial charge in [-0.3, -0.25) is 0 Å². The first-order valence-corrected chi connectivity index (χ1v) is 8.73. The van der Waals surface area contributed by atoms with E-state index in [2.05, 4.69) is 0 Å². The van der Waals surface area contributed by atoms with Gasteiger partial charge in [-0.2, -0.15) is 4.31 Å². The molecule has 1 fully saturated rings. The van der Waals surface area contributed by atoms with Crippen LogP contribution in [0, 0.1) is 5.82 Å². The number of piperidine rings is 1. The van der Waals surface area contributed by atoms with E-state index in [1.54, 1.807) is 0 Å². The fourth-order valence-corrected chi connectivity index (χ4v) is 5.23. The minimum atomic E-state index is -3.98. The third-order valence-electron chi connectivity index (χ3n) is 3.92. The van der Waals surface area contributed by atoms with Crippen molar-refractivity contribution in [3.8, 4) is 0 Å². The Bertz CT molecular complexity index is 625. The first kappa shape index (κ1) is 16.7. The van der Waals surface area contributed by atoms with Crippen LogP contribution in [0.15, 0.2) is 17.0 Å². The topological polar surface area (TPSA) is 57.6 Å². The molecule has 2 atom stereocenters. The molecule has 1 heterocycles. The second-order valence-corrected chi connectivity index (χ2v) is 7.75. The minimum absolute atomic E-state index is 0.0938. The van der Waals surface area contributed by atoms with Gasteiger partial charge in [0.05, 0.1) is 6.61 Å². The SMILES string of the molecule is CC1CCCC(C)N1S(=O)(=O)c1cc(Cl)cc(CO)c1F. The molecule has 21 heavy (non-hydrogen) atoms. The Labute approximate surface area is 129 Å². The van der Waals surface area contributed by atoms with Gasteiger partial charge in [-0.25, -0.2) is 12.8 Å². The van der Waals surface area contributed by atoms with Crippen LogP contribution in [0.4, 0.5) is 4.39 Å². The lowest BCUT2D eigenvalue weighted by molar-refractivity contribution is 0.203. The van der Waals surface area contributed by atoms with Gasteiger partial charge in [-0.15, -0.1) is 0 Å². The zero-order valence-electron chi connectivity index (χ0n) is 12.0. The maximum absolute atomic E-state index is 14.3. The van der Waals surface area contributed by atoms with E-state index in [0.29, 0.717) is 0 Å². The summed E-state index contributed by atoms with van der Waals surface area (Å²) >= 11 is 5.86. The third kappa shape index (κ3) is 3.08. The summed E-state index contributed by atoms with van der Waals surface area (Å²) in [7, 11) is -3.98. The Kier molecular flexibility index (Phi) is 4.92. The van der Waals surface area contributed by atoms with Crippen LogP contribution in [0.2, 0.25) is 5.02 Å². The summed E-state index contributed by atoms with van der Waals surface area (Å²) in [4.78, 5) is -0.459. The summed E-state index contributed by atoms with van der Waals surface area (Å²) in [5.74, 6) is -0.924. The van der Waals surface area contributed by atoms with Crippen LogP contribution in [0.5, 0.6) is 0 Å². The summed E-state index contributed by atoms with van der Waals surface area (Å²) in [6, 6.07) is 1.97. The summed E-state index contributed by atoms with van der Waals surface area (Å²) < 4.78 is 41.3. The Hall–Kier alpha value is -0.690. The number of sulfonamides is 1.